The topological polar surface area (TPSA) is 33.0 Å². The van der Waals surface area contributed by atoms with Crippen molar-refractivity contribution in [1.82, 2.24) is 0 Å². The van der Waals surface area contributed by atoms with Gasteiger partial charge in [0.2, 0.25) is 0 Å². The largest absolute Gasteiger partial charge is 0.496 e. The number of rotatable bonds is 6. The van der Waals surface area contributed by atoms with E-state index in [-0.39, 0.29) is 0 Å². The standard InChI is InChI=1S/C16H23NO/c1-5-9-16(12-17,10-6-2)14-11-13(3)7-8-15(14)18-4/h7-8,11H,5-6,9-10H2,1-4H3. The molecule has 0 fully saturated rings. The Balaban J connectivity index is 3.36. The van der Waals surface area contributed by atoms with Crippen LogP contribution in [0.3, 0.4) is 0 Å². The normalized spacial score (nSPS) is 11.1. The molecule has 1 aromatic rings. The van der Waals surface area contributed by atoms with Crippen LogP contribution in [0.5, 0.6) is 5.75 Å². The van der Waals surface area contributed by atoms with Crippen LogP contribution in [-0.2, 0) is 5.41 Å². The molecule has 0 aliphatic carbocycles. The van der Waals surface area contributed by atoms with Crippen molar-refractivity contribution in [1.29, 1.82) is 5.26 Å². The number of ether oxygens (including phenoxy) is 1. The fraction of sp³-hybridized carbons (Fsp3) is 0.562. The van der Waals surface area contributed by atoms with Crippen LogP contribution in [0.4, 0.5) is 0 Å². The fourth-order valence-electron chi connectivity index (χ4n) is 2.62. The summed E-state index contributed by atoms with van der Waals surface area (Å²) in [5, 5.41) is 9.70. The number of benzene rings is 1. The molecule has 0 N–H and O–H groups in total. The lowest BCUT2D eigenvalue weighted by molar-refractivity contribution is 0.381. The highest BCUT2D eigenvalue weighted by Gasteiger charge is 2.33. The Morgan fingerprint density at radius 1 is 1.22 bits per heavy atom. The van der Waals surface area contributed by atoms with Gasteiger partial charge >= 0.3 is 0 Å². The molecule has 0 saturated heterocycles. The van der Waals surface area contributed by atoms with E-state index < -0.39 is 5.41 Å². The first-order chi connectivity index (χ1) is 8.63. The Hall–Kier alpha value is -1.49. The molecule has 0 amide bonds. The molecule has 98 valence electrons. The van der Waals surface area contributed by atoms with Gasteiger partial charge in [-0.25, -0.2) is 0 Å². The summed E-state index contributed by atoms with van der Waals surface area (Å²) < 4.78 is 5.45. The molecule has 0 atom stereocenters. The van der Waals surface area contributed by atoms with Crippen molar-refractivity contribution in [3.8, 4) is 11.8 Å². The quantitative estimate of drug-likeness (QED) is 0.745. The Morgan fingerprint density at radius 2 is 1.83 bits per heavy atom. The number of nitrogens with zero attached hydrogens (tertiary/aromatic N) is 1. The molecule has 18 heavy (non-hydrogen) atoms. The number of hydrogen-bond acceptors (Lipinski definition) is 2. The first kappa shape index (κ1) is 14.6. The molecular weight excluding hydrogens is 222 g/mol. The molecule has 1 aromatic carbocycles. The molecule has 0 unspecified atom stereocenters. The van der Waals surface area contributed by atoms with Crippen LogP contribution >= 0.6 is 0 Å². The van der Waals surface area contributed by atoms with Crippen LogP contribution in [0.2, 0.25) is 0 Å². The van der Waals surface area contributed by atoms with Gasteiger partial charge in [0, 0.05) is 5.56 Å². The summed E-state index contributed by atoms with van der Waals surface area (Å²) in [5.41, 5.74) is 1.83. The maximum absolute atomic E-state index is 9.70. The second-order valence-electron chi connectivity index (χ2n) is 4.90. The smallest absolute Gasteiger partial charge is 0.123 e. The Labute approximate surface area is 111 Å². The van der Waals surface area contributed by atoms with Crippen molar-refractivity contribution in [2.75, 3.05) is 7.11 Å². The minimum absolute atomic E-state index is 0.402. The van der Waals surface area contributed by atoms with Crippen LogP contribution in [0.25, 0.3) is 0 Å². The van der Waals surface area contributed by atoms with Gasteiger partial charge in [-0.05, 0) is 25.8 Å². The highest BCUT2D eigenvalue weighted by molar-refractivity contribution is 5.46. The molecule has 2 nitrogen and oxygen atoms in total. The SMILES string of the molecule is CCCC(C#N)(CCC)c1cc(C)ccc1OC. The van der Waals surface area contributed by atoms with Gasteiger partial charge < -0.3 is 4.74 Å². The van der Waals surface area contributed by atoms with Crippen LogP contribution < -0.4 is 4.74 Å². The van der Waals surface area contributed by atoms with Crippen molar-refractivity contribution >= 4 is 0 Å². The molecule has 0 aliphatic rings. The molecule has 1 rings (SSSR count). The molecule has 2 heteroatoms. The number of hydrogen-bond donors (Lipinski definition) is 0. The number of methoxy groups -OCH3 is 1. The van der Waals surface area contributed by atoms with Crippen molar-refractivity contribution in [3.63, 3.8) is 0 Å². The van der Waals surface area contributed by atoms with Crippen molar-refractivity contribution < 1.29 is 4.74 Å². The van der Waals surface area contributed by atoms with Gasteiger partial charge in [-0.3, -0.25) is 0 Å². The lowest BCUT2D eigenvalue weighted by atomic mass is 9.74. The van der Waals surface area contributed by atoms with E-state index in [2.05, 4.69) is 32.9 Å². The Morgan fingerprint density at radius 3 is 2.28 bits per heavy atom. The zero-order valence-corrected chi connectivity index (χ0v) is 11.9. The van der Waals surface area contributed by atoms with Gasteiger partial charge in [0.05, 0.1) is 18.6 Å². The van der Waals surface area contributed by atoms with E-state index in [1.807, 2.05) is 12.1 Å². The molecule has 0 spiro atoms. The minimum atomic E-state index is -0.402. The maximum Gasteiger partial charge on any atom is 0.123 e. The van der Waals surface area contributed by atoms with E-state index in [1.165, 1.54) is 5.56 Å². The van der Waals surface area contributed by atoms with Crippen LogP contribution in [0.1, 0.15) is 50.7 Å². The van der Waals surface area contributed by atoms with E-state index in [4.69, 9.17) is 4.74 Å². The van der Waals surface area contributed by atoms with Gasteiger partial charge in [0.1, 0.15) is 5.75 Å². The molecule has 0 bridgehead atoms. The molecule has 0 aromatic heterocycles. The van der Waals surface area contributed by atoms with Crippen LogP contribution in [-0.4, -0.2) is 7.11 Å². The van der Waals surface area contributed by atoms with E-state index in [9.17, 15) is 5.26 Å². The summed E-state index contributed by atoms with van der Waals surface area (Å²) in [6.45, 7) is 6.32. The maximum atomic E-state index is 9.70. The van der Waals surface area contributed by atoms with Gasteiger partial charge in [0.25, 0.3) is 0 Å². The molecule has 0 aliphatic heterocycles. The number of aryl methyl sites for hydroxylation is 1. The molecular formula is C16H23NO. The molecule has 0 saturated carbocycles. The Bertz CT molecular complexity index is 425. The average molecular weight is 245 g/mol. The summed E-state index contributed by atoms with van der Waals surface area (Å²) in [4.78, 5) is 0. The second-order valence-corrected chi connectivity index (χ2v) is 4.90. The van der Waals surface area contributed by atoms with E-state index >= 15 is 0 Å². The first-order valence-electron chi connectivity index (χ1n) is 6.70. The van der Waals surface area contributed by atoms with Crippen LogP contribution in [0.15, 0.2) is 18.2 Å². The predicted octanol–water partition coefficient (Wildman–Crippen LogP) is 4.37. The average Bonchev–Trinajstić information content (AvgIpc) is 2.38. The zero-order chi connectivity index (χ0) is 13.6. The third kappa shape index (κ3) is 2.85. The highest BCUT2D eigenvalue weighted by atomic mass is 16.5. The zero-order valence-electron chi connectivity index (χ0n) is 11.9. The summed E-state index contributed by atoms with van der Waals surface area (Å²) in [6, 6.07) is 8.66. The van der Waals surface area contributed by atoms with Crippen molar-refractivity contribution in [2.24, 2.45) is 0 Å². The van der Waals surface area contributed by atoms with E-state index in [0.717, 1.165) is 37.0 Å². The van der Waals surface area contributed by atoms with Gasteiger partial charge in [-0.2, -0.15) is 5.26 Å². The van der Waals surface area contributed by atoms with Crippen molar-refractivity contribution in [2.45, 2.75) is 51.9 Å². The highest BCUT2D eigenvalue weighted by Crippen LogP contribution is 2.39. The lowest BCUT2D eigenvalue weighted by Gasteiger charge is -2.28. The van der Waals surface area contributed by atoms with Crippen LogP contribution in [0, 0.1) is 18.3 Å². The second kappa shape index (κ2) is 6.44. The van der Waals surface area contributed by atoms with Gasteiger partial charge in [0.15, 0.2) is 0 Å². The third-order valence-electron chi connectivity index (χ3n) is 3.44. The molecule has 0 radical (unpaired) electrons. The summed E-state index contributed by atoms with van der Waals surface area (Å²) >= 11 is 0. The van der Waals surface area contributed by atoms with Crippen molar-refractivity contribution in [3.05, 3.63) is 29.3 Å². The van der Waals surface area contributed by atoms with E-state index in [1.54, 1.807) is 7.11 Å². The van der Waals surface area contributed by atoms with Gasteiger partial charge in [-0.1, -0.05) is 44.4 Å². The first-order valence-corrected chi connectivity index (χ1v) is 6.70. The molecule has 0 heterocycles. The van der Waals surface area contributed by atoms with E-state index in [0.29, 0.717) is 0 Å². The minimum Gasteiger partial charge on any atom is -0.496 e. The summed E-state index contributed by atoms with van der Waals surface area (Å²) in [5.74, 6) is 0.837. The third-order valence-corrected chi connectivity index (χ3v) is 3.44. The Kier molecular flexibility index (Phi) is 5.22. The van der Waals surface area contributed by atoms with Gasteiger partial charge in [-0.15, -0.1) is 0 Å². The predicted molar refractivity (Wildman–Crippen MR) is 74.8 cm³/mol. The fourth-order valence-corrected chi connectivity index (χ4v) is 2.62. The monoisotopic (exact) mass is 245 g/mol. The number of nitriles is 1. The summed E-state index contributed by atoms with van der Waals surface area (Å²) in [7, 11) is 1.67. The summed E-state index contributed by atoms with van der Waals surface area (Å²) in [6.07, 6.45) is 3.78. The lowest BCUT2D eigenvalue weighted by Crippen LogP contribution is -2.24.